The summed E-state index contributed by atoms with van der Waals surface area (Å²) in [6, 6.07) is 19.0. The molecule has 1 atom stereocenters. The van der Waals surface area contributed by atoms with E-state index in [1.54, 1.807) is 62.6 Å². The number of amides is 2. The summed E-state index contributed by atoms with van der Waals surface area (Å²) in [6.07, 6.45) is 0.339. The molecule has 0 bridgehead atoms. The fourth-order valence-electron chi connectivity index (χ4n) is 4.36. The van der Waals surface area contributed by atoms with E-state index in [0.29, 0.717) is 28.4 Å². The molecule has 0 spiro atoms. The van der Waals surface area contributed by atoms with Gasteiger partial charge in [-0.2, -0.15) is 0 Å². The number of carbonyl (C=O) groups is 2. The highest BCUT2D eigenvalue weighted by atomic mass is 35.5. The van der Waals surface area contributed by atoms with Crippen molar-refractivity contribution in [1.29, 1.82) is 0 Å². The summed E-state index contributed by atoms with van der Waals surface area (Å²) in [5.74, 6) is -0.167. The maximum Gasteiger partial charge on any atom is 0.264 e. The molecule has 0 radical (unpaired) electrons. The van der Waals surface area contributed by atoms with Crippen LogP contribution in [-0.4, -0.2) is 50.9 Å². The van der Waals surface area contributed by atoms with Crippen LogP contribution in [0.5, 0.6) is 5.75 Å². The van der Waals surface area contributed by atoms with Gasteiger partial charge in [-0.3, -0.25) is 13.9 Å². The van der Waals surface area contributed by atoms with Crippen LogP contribution in [0.25, 0.3) is 0 Å². The van der Waals surface area contributed by atoms with Crippen LogP contribution >= 0.6 is 11.6 Å². The lowest BCUT2D eigenvalue weighted by molar-refractivity contribution is -0.140. The van der Waals surface area contributed by atoms with E-state index in [0.717, 1.165) is 9.87 Å². The second-order valence-electron chi connectivity index (χ2n) is 9.71. The van der Waals surface area contributed by atoms with E-state index in [1.807, 2.05) is 32.9 Å². The molecule has 0 heterocycles. The molecule has 0 aliphatic rings. The summed E-state index contributed by atoms with van der Waals surface area (Å²) in [5, 5.41) is 3.34. The molecule has 0 saturated carbocycles. The maximum absolute atomic E-state index is 14.1. The molecule has 3 aromatic rings. The molecule has 0 unspecified atom stereocenters. The Balaban J connectivity index is 2.08. The van der Waals surface area contributed by atoms with Crippen LogP contribution < -0.4 is 14.4 Å². The molecule has 40 heavy (non-hydrogen) atoms. The van der Waals surface area contributed by atoms with E-state index in [4.69, 9.17) is 16.3 Å². The molecular formula is C30H36ClN3O5S. The Morgan fingerprint density at radius 3 is 2.20 bits per heavy atom. The van der Waals surface area contributed by atoms with Crippen LogP contribution in [-0.2, 0) is 26.2 Å². The summed E-state index contributed by atoms with van der Waals surface area (Å²) in [5.41, 5.74) is 1.68. The third-order valence-corrected chi connectivity index (χ3v) is 8.38. The highest BCUT2D eigenvalue weighted by Gasteiger charge is 2.34. The zero-order chi connectivity index (χ0) is 29.4. The van der Waals surface area contributed by atoms with Crippen molar-refractivity contribution in [1.82, 2.24) is 10.2 Å². The summed E-state index contributed by atoms with van der Waals surface area (Å²) in [7, 11) is -2.58. The van der Waals surface area contributed by atoms with Crippen LogP contribution in [0.4, 0.5) is 5.69 Å². The summed E-state index contributed by atoms with van der Waals surface area (Å²) < 4.78 is 34.1. The van der Waals surface area contributed by atoms with Gasteiger partial charge >= 0.3 is 0 Å². The minimum Gasteiger partial charge on any atom is -0.497 e. The monoisotopic (exact) mass is 585 g/mol. The number of halogens is 1. The van der Waals surface area contributed by atoms with E-state index in [9.17, 15) is 18.0 Å². The number of ether oxygens (including phenoxy) is 1. The summed E-state index contributed by atoms with van der Waals surface area (Å²) in [4.78, 5) is 28.8. The van der Waals surface area contributed by atoms with E-state index in [-0.39, 0.29) is 23.4 Å². The molecular weight excluding hydrogens is 550 g/mol. The van der Waals surface area contributed by atoms with E-state index >= 15 is 0 Å². The van der Waals surface area contributed by atoms with E-state index in [1.165, 1.54) is 17.0 Å². The van der Waals surface area contributed by atoms with E-state index < -0.39 is 28.5 Å². The van der Waals surface area contributed by atoms with Crippen LogP contribution in [0, 0.1) is 6.92 Å². The van der Waals surface area contributed by atoms with Crippen molar-refractivity contribution in [3.63, 3.8) is 0 Å². The summed E-state index contributed by atoms with van der Waals surface area (Å²) in [6.45, 7) is 6.84. The smallest absolute Gasteiger partial charge is 0.264 e. The second kappa shape index (κ2) is 13.7. The van der Waals surface area contributed by atoms with Gasteiger partial charge in [0.05, 0.1) is 17.7 Å². The molecule has 0 aliphatic heterocycles. The fourth-order valence-corrected chi connectivity index (χ4v) is 6.09. The predicted molar refractivity (Wildman–Crippen MR) is 158 cm³/mol. The number of aryl methyl sites for hydroxylation is 1. The first-order chi connectivity index (χ1) is 19.0. The average molecular weight is 586 g/mol. The Hall–Kier alpha value is -3.56. The molecule has 0 saturated heterocycles. The number of methoxy groups -OCH3 is 1. The molecule has 10 heteroatoms. The number of hydrogen-bond acceptors (Lipinski definition) is 5. The molecule has 1 N–H and O–H groups in total. The summed E-state index contributed by atoms with van der Waals surface area (Å²) >= 11 is 6.16. The van der Waals surface area contributed by atoms with Gasteiger partial charge in [0.25, 0.3) is 10.0 Å². The van der Waals surface area contributed by atoms with Gasteiger partial charge < -0.3 is 15.0 Å². The molecule has 0 fully saturated rings. The van der Waals surface area contributed by atoms with Gasteiger partial charge in [0.1, 0.15) is 18.3 Å². The lowest BCUT2D eigenvalue weighted by atomic mass is 10.1. The number of nitrogens with zero attached hydrogens (tertiary/aromatic N) is 2. The SMILES string of the molecule is CC[C@@H](C(=O)NC(C)C)N(Cc1ccc(OC)cc1)C(=O)CN(c1ccc(Cl)cc1C)S(=O)(=O)c1ccccc1. The van der Waals surface area contributed by atoms with Crippen molar-refractivity contribution in [3.05, 3.63) is 88.9 Å². The highest BCUT2D eigenvalue weighted by molar-refractivity contribution is 7.92. The van der Waals surface area contributed by atoms with Gasteiger partial charge in [-0.25, -0.2) is 8.42 Å². The lowest BCUT2D eigenvalue weighted by Gasteiger charge is -2.34. The predicted octanol–water partition coefficient (Wildman–Crippen LogP) is 5.18. The van der Waals surface area contributed by atoms with Crippen LogP contribution in [0.1, 0.15) is 38.3 Å². The number of benzene rings is 3. The van der Waals surface area contributed by atoms with Crippen molar-refractivity contribution in [2.45, 2.75) is 57.6 Å². The van der Waals surface area contributed by atoms with Crippen molar-refractivity contribution in [3.8, 4) is 5.75 Å². The highest BCUT2D eigenvalue weighted by Crippen LogP contribution is 2.29. The van der Waals surface area contributed by atoms with Gasteiger partial charge in [-0.1, -0.05) is 48.9 Å². The second-order valence-corrected chi connectivity index (χ2v) is 12.0. The first-order valence-electron chi connectivity index (χ1n) is 13.0. The van der Waals surface area contributed by atoms with E-state index in [2.05, 4.69) is 5.32 Å². The first kappa shape index (κ1) is 31.0. The normalized spacial score (nSPS) is 12.1. The Kier molecular flexibility index (Phi) is 10.6. The topological polar surface area (TPSA) is 96.0 Å². The van der Waals surface area contributed by atoms with Crippen molar-refractivity contribution < 1.29 is 22.7 Å². The first-order valence-corrected chi connectivity index (χ1v) is 14.9. The van der Waals surface area contributed by atoms with Gasteiger partial charge in [-0.05, 0) is 80.8 Å². The van der Waals surface area contributed by atoms with Crippen LogP contribution in [0.3, 0.4) is 0 Å². The largest absolute Gasteiger partial charge is 0.497 e. The Labute approximate surface area is 241 Å². The molecule has 3 rings (SSSR count). The number of carbonyl (C=O) groups excluding carboxylic acids is 2. The Bertz CT molecular complexity index is 1410. The number of nitrogens with one attached hydrogen (secondary N) is 1. The quantitative estimate of drug-likeness (QED) is 0.316. The van der Waals surface area contributed by atoms with Crippen molar-refractivity contribution in [2.75, 3.05) is 18.0 Å². The molecule has 2 amide bonds. The number of hydrogen-bond donors (Lipinski definition) is 1. The third kappa shape index (κ3) is 7.55. The zero-order valence-electron chi connectivity index (χ0n) is 23.4. The lowest BCUT2D eigenvalue weighted by Crippen LogP contribution is -2.53. The van der Waals surface area contributed by atoms with Gasteiger partial charge in [0.15, 0.2) is 0 Å². The van der Waals surface area contributed by atoms with Gasteiger partial charge in [0, 0.05) is 17.6 Å². The van der Waals surface area contributed by atoms with Crippen molar-refractivity contribution >= 4 is 39.1 Å². The van der Waals surface area contributed by atoms with Gasteiger partial charge in [0.2, 0.25) is 11.8 Å². The molecule has 0 aliphatic carbocycles. The number of anilines is 1. The van der Waals surface area contributed by atoms with Crippen molar-refractivity contribution in [2.24, 2.45) is 0 Å². The van der Waals surface area contributed by atoms with Gasteiger partial charge in [-0.15, -0.1) is 0 Å². The minimum atomic E-state index is -4.15. The minimum absolute atomic E-state index is 0.0449. The molecule has 3 aromatic carbocycles. The fraction of sp³-hybridized carbons (Fsp3) is 0.333. The standard InChI is InChI=1S/C30H36ClN3O5S/c1-6-27(30(36)32-21(2)3)33(19-23-12-15-25(39-5)16-13-23)29(35)20-34(28-17-14-24(31)18-22(28)4)40(37,38)26-10-8-7-9-11-26/h7-18,21,27H,6,19-20H2,1-5H3,(H,32,36)/t27-/m0/s1. The molecule has 0 aromatic heterocycles. The number of rotatable bonds is 12. The Morgan fingerprint density at radius 1 is 1.00 bits per heavy atom. The van der Waals surface area contributed by atoms with Crippen LogP contribution in [0.2, 0.25) is 5.02 Å². The molecule has 8 nitrogen and oxygen atoms in total. The number of sulfonamides is 1. The third-order valence-electron chi connectivity index (χ3n) is 6.37. The average Bonchev–Trinajstić information content (AvgIpc) is 2.92. The molecule has 214 valence electrons. The zero-order valence-corrected chi connectivity index (χ0v) is 25.0. The maximum atomic E-state index is 14.1. The van der Waals surface area contributed by atoms with Crippen LogP contribution in [0.15, 0.2) is 77.7 Å². The Morgan fingerprint density at radius 2 is 1.65 bits per heavy atom.